The number of piperidine rings is 1. The molecule has 3 heteroatoms. The Hall–Kier alpha value is -1.64. The molecule has 1 aliphatic rings. The molecule has 0 bridgehead atoms. The van der Waals surface area contributed by atoms with Gasteiger partial charge in [0.15, 0.2) is 0 Å². The maximum absolute atomic E-state index is 11.5. The van der Waals surface area contributed by atoms with Gasteiger partial charge in [0.1, 0.15) is 0 Å². The molecule has 1 aromatic carbocycles. The summed E-state index contributed by atoms with van der Waals surface area (Å²) in [6.45, 7) is 1.24. The van der Waals surface area contributed by atoms with Gasteiger partial charge in [-0.05, 0) is 12.0 Å². The first kappa shape index (κ1) is 9.90. The molecule has 0 radical (unpaired) electrons. The number of likely N-dealkylation sites (tertiary alicyclic amines) is 1. The summed E-state index contributed by atoms with van der Waals surface area (Å²) >= 11 is 0. The Morgan fingerprint density at radius 2 is 1.87 bits per heavy atom. The molecule has 1 saturated heterocycles. The first-order chi connectivity index (χ1) is 7.27. The third-order valence-corrected chi connectivity index (χ3v) is 2.57. The van der Waals surface area contributed by atoms with E-state index < -0.39 is 0 Å². The summed E-state index contributed by atoms with van der Waals surface area (Å²) in [7, 11) is 0. The van der Waals surface area contributed by atoms with Gasteiger partial charge in [-0.1, -0.05) is 30.3 Å². The number of hydrogen-bond donors (Lipinski definition) is 0. The number of carbonyl (C=O) groups is 2. The van der Waals surface area contributed by atoms with Crippen LogP contribution < -0.4 is 0 Å². The number of amides is 1. The SMILES string of the molecule is O=C1CCCN(Cc2ccccc2)C1=O. The normalized spacial score (nSPS) is 16.9. The van der Waals surface area contributed by atoms with Gasteiger partial charge in [-0.2, -0.15) is 0 Å². The van der Waals surface area contributed by atoms with Crippen LogP contribution in [0.25, 0.3) is 0 Å². The van der Waals surface area contributed by atoms with Crippen molar-refractivity contribution in [2.75, 3.05) is 6.54 Å². The summed E-state index contributed by atoms with van der Waals surface area (Å²) in [5.74, 6) is -0.581. The van der Waals surface area contributed by atoms with E-state index in [1.54, 1.807) is 4.90 Å². The Morgan fingerprint density at radius 1 is 1.13 bits per heavy atom. The lowest BCUT2D eigenvalue weighted by atomic mass is 10.1. The van der Waals surface area contributed by atoms with Crippen LogP contribution in [-0.2, 0) is 16.1 Å². The van der Waals surface area contributed by atoms with Gasteiger partial charge in [-0.25, -0.2) is 0 Å². The second kappa shape index (κ2) is 4.26. The number of ketones is 1. The van der Waals surface area contributed by atoms with E-state index in [0.29, 0.717) is 19.5 Å². The number of Topliss-reactive ketones (excluding diaryl/α,β-unsaturated/α-hetero) is 1. The zero-order chi connectivity index (χ0) is 10.7. The monoisotopic (exact) mass is 203 g/mol. The van der Waals surface area contributed by atoms with Gasteiger partial charge in [0.25, 0.3) is 5.91 Å². The molecule has 1 aromatic rings. The van der Waals surface area contributed by atoms with Crippen LogP contribution in [-0.4, -0.2) is 23.1 Å². The average Bonchev–Trinajstić information content (AvgIpc) is 2.26. The maximum atomic E-state index is 11.5. The van der Waals surface area contributed by atoms with Crippen LogP contribution in [0.3, 0.4) is 0 Å². The fourth-order valence-electron chi connectivity index (χ4n) is 1.77. The minimum atomic E-state index is -0.329. The van der Waals surface area contributed by atoms with E-state index in [1.807, 2.05) is 30.3 Å². The van der Waals surface area contributed by atoms with Crippen molar-refractivity contribution in [3.63, 3.8) is 0 Å². The average molecular weight is 203 g/mol. The van der Waals surface area contributed by atoms with Crippen molar-refractivity contribution in [1.82, 2.24) is 4.90 Å². The van der Waals surface area contributed by atoms with E-state index in [9.17, 15) is 9.59 Å². The van der Waals surface area contributed by atoms with Crippen molar-refractivity contribution in [1.29, 1.82) is 0 Å². The molecule has 1 heterocycles. The van der Waals surface area contributed by atoms with Crippen LogP contribution in [0.2, 0.25) is 0 Å². The third-order valence-electron chi connectivity index (χ3n) is 2.57. The largest absolute Gasteiger partial charge is 0.332 e. The number of hydrogen-bond acceptors (Lipinski definition) is 2. The predicted molar refractivity (Wildman–Crippen MR) is 56.1 cm³/mol. The second-order valence-electron chi connectivity index (χ2n) is 3.74. The quantitative estimate of drug-likeness (QED) is 0.681. The fourth-order valence-corrected chi connectivity index (χ4v) is 1.77. The number of carbonyl (C=O) groups excluding carboxylic acids is 2. The molecule has 1 aliphatic heterocycles. The smallest absolute Gasteiger partial charge is 0.290 e. The standard InChI is InChI=1S/C12H13NO2/c14-11-7-4-8-13(12(11)15)9-10-5-2-1-3-6-10/h1-3,5-6H,4,7-9H2. The lowest BCUT2D eigenvalue weighted by Gasteiger charge is -2.25. The van der Waals surface area contributed by atoms with E-state index in [4.69, 9.17) is 0 Å². The molecular formula is C12H13NO2. The molecule has 0 aliphatic carbocycles. The zero-order valence-electron chi connectivity index (χ0n) is 8.48. The molecule has 3 nitrogen and oxygen atoms in total. The first-order valence-corrected chi connectivity index (χ1v) is 5.13. The van der Waals surface area contributed by atoms with E-state index in [2.05, 4.69) is 0 Å². The Labute approximate surface area is 88.7 Å². The highest BCUT2D eigenvalue weighted by Gasteiger charge is 2.25. The molecule has 0 saturated carbocycles. The number of benzene rings is 1. The summed E-state index contributed by atoms with van der Waals surface area (Å²) in [6, 6.07) is 9.74. The van der Waals surface area contributed by atoms with Crippen LogP contribution in [0.5, 0.6) is 0 Å². The first-order valence-electron chi connectivity index (χ1n) is 5.13. The van der Waals surface area contributed by atoms with Crippen molar-refractivity contribution >= 4 is 11.7 Å². The van der Waals surface area contributed by atoms with Crippen LogP contribution in [0, 0.1) is 0 Å². The molecule has 0 aromatic heterocycles. The van der Waals surface area contributed by atoms with Crippen molar-refractivity contribution in [2.24, 2.45) is 0 Å². The highest BCUT2D eigenvalue weighted by Crippen LogP contribution is 2.11. The topological polar surface area (TPSA) is 37.4 Å². The van der Waals surface area contributed by atoms with E-state index in [1.165, 1.54) is 0 Å². The predicted octanol–water partition coefficient (Wildman–Crippen LogP) is 1.38. The molecule has 0 unspecified atom stereocenters. The van der Waals surface area contributed by atoms with Crippen molar-refractivity contribution in [2.45, 2.75) is 19.4 Å². The lowest BCUT2D eigenvalue weighted by molar-refractivity contribution is -0.147. The second-order valence-corrected chi connectivity index (χ2v) is 3.74. The van der Waals surface area contributed by atoms with Gasteiger partial charge in [-0.3, -0.25) is 9.59 Å². The van der Waals surface area contributed by atoms with Crippen LogP contribution >= 0.6 is 0 Å². The van der Waals surface area contributed by atoms with Gasteiger partial charge in [0, 0.05) is 19.5 Å². The Kier molecular flexibility index (Phi) is 2.81. The van der Waals surface area contributed by atoms with Crippen LogP contribution in [0.1, 0.15) is 18.4 Å². The molecule has 0 spiro atoms. The van der Waals surface area contributed by atoms with Crippen molar-refractivity contribution in [3.05, 3.63) is 35.9 Å². The van der Waals surface area contributed by atoms with Crippen molar-refractivity contribution < 1.29 is 9.59 Å². The summed E-state index contributed by atoms with van der Waals surface area (Å²) in [6.07, 6.45) is 1.20. The van der Waals surface area contributed by atoms with E-state index in [0.717, 1.165) is 12.0 Å². The minimum absolute atomic E-state index is 0.253. The highest BCUT2D eigenvalue weighted by molar-refractivity contribution is 6.36. The summed E-state index contributed by atoms with van der Waals surface area (Å²) in [4.78, 5) is 24.3. The van der Waals surface area contributed by atoms with Gasteiger partial charge in [0.2, 0.25) is 5.78 Å². The molecule has 0 atom stereocenters. The van der Waals surface area contributed by atoms with Crippen LogP contribution in [0.4, 0.5) is 0 Å². The number of rotatable bonds is 2. The van der Waals surface area contributed by atoms with Crippen LogP contribution in [0.15, 0.2) is 30.3 Å². The Bertz CT molecular complexity index is 372. The van der Waals surface area contributed by atoms with Gasteiger partial charge in [-0.15, -0.1) is 0 Å². The summed E-state index contributed by atoms with van der Waals surface area (Å²) < 4.78 is 0. The number of nitrogens with zero attached hydrogens (tertiary/aromatic N) is 1. The van der Waals surface area contributed by atoms with Gasteiger partial charge >= 0.3 is 0 Å². The Balaban J connectivity index is 2.06. The molecule has 15 heavy (non-hydrogen) atoms. The summed E-state index contributed by atoms with van der Waals surface area (Å²) in [5, 5.41) is 0. The Morgan fingerprint density at radius 3 is 2.60 bits per heavy atom. The molecule has 2 rings (SSSR count). The third kappa shape index (κ3) is 2.24. The molecule has 1 fully saturated rings. The van der Waals surface area contributed by atoms with E-state index in [-0.39, 0.29) is 11.7 Å². The minimum Gasteiger partial charge on any atom is -0.332 e. The molecule has 78 valence electrons. The van der Waals surface area contributed by atoms with Gasteiger partial charge < -0.3 is 4.90 Å². The van der Waals surface area contributed by atoms with Crippen molar-refractivity contribution in [3.8, 4) is 0 Å². The highest BCUT2D eigenvalue weighted by atomic mass is 16.2. The fraction of sp³-hybridized carbons (Fsp3) is 0.333. The molecule has 0 N–H and O–H groups in total. The van der Waals surface area contributed by atoms with Gasteiger partial charge in [0.05, 0.1) is 0 Å². The molecule has 1 amide bonds. The zero-order valence-corrected chi connectivity index (χ0v) is 8.48. The van der Waals surface area contributed by atoms with E-state index >= 15 is 0 Å². The summed E-state index contributed by atoms with van der Waals surface area (Å²) in [5.41, 5.74) is 1.07. The molecular weight excluding hydrogens is 190 g/mol. The maximum Gasteiger partial charge on any atom is 0.290 e. The lowest BCUT2D eigenvalue weighted by Crippen LogP contribution is -2.40.